The highest BCUT2D eigenvalue weighted by atomic mass is 35.5. The fourth-order valence-electron chi connectivity index (χ4n) is 3.94. The second-order valence-electron chi connectivity index (χ2n) is 7.73. The van der Waals surface area contributed by atoms with E-state index in [1.807, 2.05) is 18.2 Å². The van der Waals surface area contributed by atoms with Crippen molar-refractivity contribution in [2.45, 2.75) is 46.2 Å². The molecule has 3 rings (SSSR count). The molecule has 4 heteroatoms. The Morgan fingerprint density at radius 1 is 1.19 bits per heavy atom. The molecule has 27 heavy (non-hydrogen) atoms. The predicted octanol–water partition coefficient (Wildman–Crippen LogP) is 5.05. The van der Waals surface area contributed by atoms with Gasteiger partial charge < -0.3 is 5.32 Å². The number of hydrogen-bond donors (Lipinski definition) is 1. The van der Waals surface area contributed by atoms with Crippen LogP contribution in [-0.4, -0.2) is 23.9 Å². The van der Waals surface area contributed by atoms with Crippen molar-refractivity contribution in [2.24, 2.45) is 5.92 Å². The molecule has 2 aromatic rings. The molecule has 3 nitrogen and oxygen atoms in total. The highest BCUT2D eigenvalue weighted by Gasteiger charge is 2.26. The Hall–Kier alpha value is -1.84. The third-order valence-corrected chi connectivity index (χ3v) is 5.93. The molecule has 0 aromatic heterocycles. The van der Waals surface area contributed by atoms with Crippen LogP contribution >= 0.6 is 11.6 Å². The number of halogens is 1. The molecule has 1 N–H and O–H groups in total. The van der Waals surface area contributed by atoms with Crippen LogP contribution in [0.2, 0.25) is 5.02 Å². The molecule has 1 amide bonds. The molecule has 1 aliphatic rings. The van der Waals surface area contributed by atoms with Crippen molar-refractivity contribution in [3.05, 3.63) is 69.7 Å². The number of aryl methyl sites for hydroxylation is 2. The summed E-state index contributed by atoms with van der Waals surface area (Å²) >= 11 is 6.27. The van der Waals surface area contributed by atoms with E-state index in [9.17, 15) is 4.79 Å². The van der Waals surface area contributed by atoms with E-state index in [0.717, 1.165) is 43.1 Å². The monoisotopic (exact) mass is 384 g/mol. The molecule has 0 saturated carbocycles. The fraction of sp³-hybridized carbons (Fsp3) is 0.435. The van der Waals surface area contributed by atoms with Crippen LogP contribution in [-0.2, 0) is 11.3 Å². The molecule has 144 valence electrons. The summed E-state index contributed by atoms with van der Waals surface area (Å²) in [6.45, 7) is 8.99. The lowest BCUT2D eigenvalue weighted by atomic mass is 9.94. The smallest absolute Gasteiger partial charge is 0.223 e. The molecule has 0 aliphatic carbocycles. The van der Waals surface area contributed by atoms with Crippen LogP contribution in [0, 0.1) is 19.8 Å². The van der Waals surface area contributed by atoms with E-state index in [1.54, 1.807) is 0 Å². The Morgan fingerprint density at radius 2 is 1.89 bits per heavy atom. The average Bonchev–Trinajstić information content (AvgIpc) is 2.64. The summed E-state index contributed by atoms with van der Waals surface area (Å²) in [5.74, 6) is 0.278. The quantitative estimate of drug-likeness (QED) is 0.782. The van der Waals surface area contributed by atoms with Crippen LogP contribution in [0.25, 0.3) is 0 Å². The van der Waals surface area contributed by atoms with Gasteiger partial charge in [-0.2, -0.15) is 0 Å². The average molecular weight is 385 g/mol. The van der Waals surface area contributed by atoms with Crippen molar-refractivity contribution in [3.8, 4) is 0 Å². The maximum absolute atomic E-state index is 12.7. The first kappa shape index (κ1) is 19.9. The first-order valence-electron chi connectivity index (χ1n) is 9.77. The van der Waals surface area contributed by atoms with Gasteiger partial charge in [0.15, 0.2) is 0 Å². The van der Waals surface area contributed by atoms with Crippen LogP contribution in [0.4, 0.5) is 0 Å². The summed E-state index contributed by atoms with van der Waals surface area (Å²) in [6.07, 6.45) is 1.80. The third kappa shape index (κ3) is 5.12. The molecule has 1 heterocycles. The van der Waals surface area contributed by atoms with Gasteiger partial charge in [-0.05, 0) is 69.5 Å². The lowest BCUT2D eigenvalue weighted by Crippen LogP contribution is -2.41. The molecule has 2 aromatic carbocycles. The van der Waals surface area contributed by atoms with E-state index < -0.39 is 0 Å². The van der Waals surface area contributed by atoms with Crippen molar-refractivity contribution in [3.63, 3.8) is 0 Å². The number of nitrogens with zero attached hydrogens (tertiary/aromatic N) is 1. The normalized spacial score (nSPS) is 16.9. The standard InChI is InChI=1S/C23H29ClN2O/c1-16-8-9-21(17(2)14-16)18(3)25-23(27)19-10-12-26(13-11-19)15-20-6-4-5-7-22(20)24/h4-9,14,18-19H,10-13,15H2,1-3H3,(H,25,27). The zero-order chi connectivity index (χ0) is 19.4. The zero-order valence-corrected chi connectivity index (χ0v) is 17.2. The van der Waals surface area contributed by atoms with Gasteiger partial charge in [0.1, 0.15) is 0 Å². The van der Waals surface area contributed by atoms with Gasteiger partial charge in [0.2, 0.25) is 5.91 Å². The van der Waals surface area contributed by atoms with Gasteiger partial charge in [-0.3, -0.25) is 9.69 Å². The van der Waals surface area contributed by atoms with E-state index in [-0.39, 0.29) is 17.9 Å². The summed E-state index contributed by atoms with van der Waals surface area (Å²) in [6, 6.07) is 14.4. The molecular weight excluding hydrogens is 356 g/mol. The van der Waals surface area contributed by atoms with Crippen molar-refractivity contribution in [1.29, 1.82) is 0 Å². The van der Waals surface area contributed by atoms with Gasteiger partial charge in [-0.25, -0.2) is 0 Å². The van der Waals surface area contributed by atoms with Crippen LogP contribution in [0.15, 0.2) is 42.5 Å². The molecule has 1 unspecified atom stereocenters. The molecule has 1 saturated heterocycles. The summed E-state index contributed by atoms with van der Waals surface area (Å²) in [5.41, 5.74) is 4.84. The van der Waals surface area contributed by atoms with Gasteiger partial charge in [-0.15, -0.1) is 0 Å². The number of piperidine rings is 1. The Balaban J connectivity index is 1.51. The first-order chi connectivity index (χ1) is 12.9. The summed E-state index contributed by atoms with van der Waals surface area (Å²) in [5, 5.41) is 4.04. The first-order valence-corrected chi connectivity index (χ1v) is 10.1. The lowest BCUT2D eigenvalue weighted by Gasteiger charge is -2.32. The topological polar surface area (TPSA) is 32.3 Å². The van der Waals surface area contributed by atoms with Crippen LogP contribution in [0.3, 0.4) is 0 Å². The van der Waals surface area contributed by atoms with Crippen molar-refractivity contribution in [1.82, 2.24) is 10.2 Å². The minimum atomic E-state index is 0.0410. The highest BCUT2D eigenvalue weighted by molar-refractivity contribution is 6.31. The van der Waals surface area contributed by atoms with Gasteiger partial charge in [0, 0.05) is 17.5 Å². The van der Waals surface area contributed by atoms with Gasteiger partial charge in [0.25, 0.3) is 0 Å². The molecule has 0 bridgehead atoms. The van der Waals surface area contributed by atoms with E-state index in [4.69, 9.17) is 11.6 Å². The zero-order valence-electron chi connectivity index (χ0n) is 16.5. The molecular formula is C23H29ClN2O. The minimum absolute atomic E-state index is 0.0410. The maximum atomic E-state index is 12.7. The number of likely N-dealkylation sites (tertiary alicyclic amines) is 1. The molecule has 1 fully saturated rings. The number of nitrogens with one attached hydrogen (secondary N) is 1. The Labute approximate surface area is 167 Å². The van der Waals surface area contributed by atoms with Gasteiger partial charge in [0.05, 0.1) is 6.04 Å². The maximum Gasteiger partial charge on any atom is 0.223 e. The molecule has 1 atom stereocenters. The molecule has 0 spiro atoms. The Bertz CT molecular complexity index is 797. The number of benzene rings is 2. The van der Waals surface area contributed by atoms with Gasteiger partial charge >= 0.3 is 0 Å². The number of carbonyl (C=O) groups excluding carboxylic acids is 1. The van der Waals surface area contributed by atoms with Crippen molar-refractivity contribution in [2.75, 3.05) is 13.1 Å². The van der Waals surface area contributed by atoms with Crippen LogP contribution < -0.4 is 5.32 Å². The van der Waals surface area contributed by atoms with E-state index in [2.05, 4.69) is 55.3 Å². The molecule has 1 aliphatic heterocycles. The number of amides is 1. The second kappa shape index (κ2) is 8.90. The summed E-state index contributed by atoms with van der Waals surface area (Å²) in [4.78, 5) is 15.1. The largest absolute Gasteiger partial charge is 0.349 e. The number of hydrogen-bond acceptors (Lipinski definition) is 2. The summed E-state index contributed by atoms with van der Waals surface area (Å²) < 4.78 is 0. The second-order valence-corrected chi connectivity index (χ2v) is 8.14. The van der Waals surface area contributed by atoms with Crippen molar-refractivity contribution < 1.29 is 4.79 Å². The Morgan fingerprint density at radius 3 is 2.56 bits per heavy atom. The van der Waals surface area contributed by atoms with E-state index in [1.165, 1.54) is 16.7 Å². The SMILES string of the molecule is Cc1ccc(C(C)NC(=O)C2CCN(Cc3ccccc3Cl)CC2)c(C)c1. The van der Waals surface area contributed by atoms with E-state index in [0.29, 0.717) is 0 Å². The fourth-order valence-corrected chi connectivity index (χ4v) is 4.14. The molecule has 0 radical (unpaired) electrons. The number of carbonyl (C=O) groups is 1. The van der Waals surface area contributed by atoms with Crippen LogP contribution in [0.5, 0.6) is 0 Å². The third-order valence-electron chi connectivity index (χ3n) is 5.56. The minimum Gasteiger partial charge on any atom is -0.349 e. The Kier molecular flexibility index (Phi) is 6.56. The van der Waals surface area contributed by atoms with Gasteiger partial charge in [-0.1, -0.05) is 53.6 Å². The van der Waals surface area contributed by atoms with Crippen LogP contribution in [0.1, 0.15) is 48.1 Å². The van der Waals surface area contributed by atoms with E-state index >= 15 is 0 Å². The lowest BCUT2D eigenvalue weighted by molar-refractivity contribution is -0.127. The predicted molar refractivity (Wildman–Crippen MR) is 112 cm³/mol. The highest BCUT2D eigenvalue weighted by Crippen LogP contribution is 2.24. The number of rotatable bonds is 5. The summed E-state index contributed by atoms with van der Waals surface area (Å²) in [7, 11) is 0. The van der Waals surface area contributed by atoms with Crippen molar-refractivity contribution >= 4 is 17.5 Å².